The van der Waals surface area contributed by atoms with Gasteiger partial charge in [0.1, 0.15) is 0 Å². The molecule has 0 spiro atoms. The zero-order valence-electron chi connectivity index (χ0n) is 11.8. The molecule has 2 aliphatic rings. The second kappa shape index (κ2) is 6.84. The largest absolute Gasteiger partial charge is 0.396 e. The highest BCUT2D eigenvalue weighted by molar-refractivity contribution is 8.00. The summed E-state index contributed by atoms with van der Waals surface area (Å²) in [6.45, 7) is 3.28. The summed E-state index contributed by atoms with van der Waals surface area (Å²) >= 11 is 1.97. The Hall–Kier alpha value is -0.420. The third kappa shape index (κ3) is 4.56. The normalized spacial score (nSPS) is 35.1. The highest BCUT2D eigenvalue weighted by atomic mass is 32.2. The highest BCUT2D eigenvalue weighted by Crippen LogP contribution is 2.36. The number of hydrogen-bond acceptors (Lipinski definition) is 3. The van der Waals surface area contributed by atoms with Crippen LogP contribution in [0.4, 0.5) is 4.79 Å². The third-order valence-corrected chi connectivity index (χ3v) is 5.90. The van der Waals surface area contributed by atoms with Crippen molar-refractivity contribution >= 4 is 17.8 Å². The standard InChI is InChI=1S/C14H26N2O2S/c1-14(7-2-8-19-14)10-15-13(18)16-12-5-3-11(9-17)4-6-12/h11-12,17H,2-10H2,1H3,(H2,15,16,18). The molecule has 1 heterocycles. The van der Waals surface area contributed by atoms with Crippen molar-refractivity contribution in [3.05, 3.63) is 0 Å². The molecule has 0 bridgehead atoms. The molecule has 2 rings (SSSR count). The summed E-state index contributed by atoms with van der Waals surface area (Å²) in [6.07, 6.45) is 6.48. The van der Waals surface area contributed by atoms with Gasteiger partial charge >= 0.3 is 6.03 Å². The van der Waals surface area contributed by atoms with Crippen molar-refractivity contribution in [1.29, 1.82) is 0 Å². The Kier molecular flexibility index (Phi) is 5.39. The van der Waals surface area contributed by atoms with Gasteiger partial charge < -0.3 is 15.7 Å². The maximum absolute atomic E-state index is 11.9. The van der Waals surface area contributed by atoms with Gasteiger partial charge in [0, 0.05) is 23.9 Å². The fourth-order valence-corrected chi connectivity index (χ4v) is 4.21. The van der Waals surface area contributed by atoms with Gasteiger partial charge in [0.05, 0.1) is 0 Å². The molecule has 4 nitrogen and oxygen atoms in total. The second-order valence-electron chi connectivity index (χ2n) is 6.13. The Bertz CT molecular complexity index is 298. The lowest BCUT2D eigenvalue weighted by Crippen LogP contribution is -2.47. The van der Waals surface area contributed by atoms with E-state index < -0.39 is 0 Å². The number of rotatable bonds is 4. The Morgan fingerprint density at radius 1 is 1.37 bits per heavy atom. The molecule has 1 atom stereocenters. The SMILES string of the molecule is CC1(CNC(=O)NC2CCC(CO)CC2)CCCS1. The number of thioether (sulfide) groups is 1. The molecular formula is C14H26N2O2S. The maximum atomic E-state index is 11.9. The number of amides is 2. The lowest BCUT2D eigenvalue weighted by molar-refractivity contribution is 0.174. The highest BCUT2D eigenvalue weighted by Gasteiger charge is 2.30. The van der Waals surface area contributed by atoms with Crippen LogP contribution in [0.2, 0.25) is 0 Å². The number of hydrogen-bond donors (Lipinski definition) is 3. The minimum atomic E-state index is -0.0267. The summed E-state index contributed by atoms with van der Waals surface area (Å²) in [6, 6.07) is 0.257. The van der Waals surface area contributed by atoms with Crippen LogP contribution >= 0.6 is 11.8 Å². The number of aliphatic hydroxyl groups is 1. The van der Waals surface area contributed by atoms with Crippen LogP contribution in [0.1, 0.15) is 45.4 Å². The smallest absolute Gasteiger partial charge is 0.315 e. The molecule has 3 N–H and O–H groups in total. The van der Waals surface area contributed by atoms with Crippen LogP contribution in [-0.4, -0.2) is 40.8 Å². The van der Waals surface area contributed by atoms with E-state index in [0.717, 1.165) is 32.2 Å². The Balaban J connectivity index is 1.64. The lowest BCUT2D eigenvalue weighted by atomic mass is 9.87. The van der Waals surface area contributed by atoms with Crippen molar-refractivity contribution < 1.29 is 9.90 Å². The molecule has 5 heteroatoms. The summed E-state index contributed by atoms with van der Waals surface area (Å²) < 4.78 is 0.228. The van der Waals surface area contributed by atoms with Crippen molar-refractivity contribution in [3.63, 3.8) is 0 Å². The molecule has 0 radical (unpaired) electrons. The fourth-order valence-electron chi connectivity index (χ4n) is 2.97. The van der Waals surface area contributed by atoms with E-state index >= 15 is 0 Å². The van der Waals surface area contributed by atoms with E-state index in [1.54, 1.807) is 0 Å². The number of urea groups is 1. The topological polar surface area (TPSA) is 61.4 Å². The second-order valence-corrected chi connectivity index (χ2v) is 7.81. The number of carbonyl (C=O) groups excluding carboxylic acids is 1. The van der Waals surface area contributed by atoms with Gasteiger partial charge in [0.15, 0.2) is 0 Å². The van der Waals surface area contributed by atoms with Crippen LogP contribution < -0.4 is 10.6 Å². The average Bonchev–Trinajstić information content (AvgIpc) is 2.85. The van der Waals surface area contributed by atoms with Gasteiger partial charge in [-0.1, -0.05) is 0 Å². The fraction of sp³-hybridized carbons (Fsp3) is 0.929. The van der Waals surface area contributed by atoms with E-state index in [4.69, 9.17) is 5.11 Å². The van der Waals surface area contributed by atoms with Crippen molar-refractivity contribution in [2.24, 2.45) is 5.92 Å². The number of aliphatic hydroxyl groups excluding tert-OH is 1. The zero-order valence-corrected chi connectivity index (χ0v) is 12.6. The van der Waals surface area contributed by atoms with Crippen LogP contribution in [0, 0.1) is 5.92 Å². The van der Waals surface area contributed by atoms with Gasteiger partial charge in [-0.15, -0.1) is 0 Å². The molecule has 1 saturated heterocycles. The molecule has 1 unspecified atom stereocenters. The maximum Gasteiger partial charge on any atom is 0.315 e. The Morgan fingerprint density at radius 3 is 2.68 bits per heavy atom. The van der Waals surface area contributed by atoms with Gasteiger partial charge in [-0.2, -0.15) is 11.8 Å². The first-order valence-corrected chi connectivity index (χ1v) is 8.39. The van der Waals surface area contributed by atoms with Crippen LogP contribution in [0.3, 0.4) is 0 Å². The molecule has 2 amide bonds. The van der Waals surface area contributed by atoms with E-state index in [1.807, 2.05) is 11.8 Å². The lowest BCUT2D eigenvalue weighted by Gasteiger charge is -2.29. The minimum absolute atomic E-state index is 0.0267. The first-order valence-electron chi connectivity index (χ1n) is 7.40. The third-order valence-electron chi connectivity index (χ3n) is 4.36. The first kappa shape index (κ1) is 15.0. The summed E-state index contributed by atoms with van der Waals surface area (Å²) in [5.74, 6) is 1.65. The van der Waals surface area contributed by atoms with Gasteiger partial charge in [-0.05, 0) is 57.1 Å². The van der Waals surface area contributed by atoms with E-state index in [1.165, 1.54) is 18.6 Å². The summed E-state index contributed by atoms with van der Waals surface area (Å²) in [7, 11) is 0. The Labute approximate surface area is 120 Å². The van der Waals surface area contributed by atoms with Gasteiger partial charge in [0.2, 0.25) is 0 Å². The molecule has 19 heavy (non-hydrogen) atoms. The monoisotopic (exact) mass is 286 g/mol. The number of nitrogens with one attached hydrogen (secondary N) is 2. The number of carbonyl (C=O) groups is 1. The van der Waals surface area contributed by atoms with Gasteiger partial charge in [-0.3, -0.25) is 0 Å². The van der Waals surface area contributed by atoms with Crippen LogP contribution in [0.15, 0.2) is 0 Å². The predicted molar refractivity (Wildman–Crippen MR) is 79.5 cm³/mol. The van der Waals surface area contributed by atoms with Gasteiger partial charge in [0.25, 0.3) is 0 Å². The van der Waals surface area contributed by atoms with E-state index in [2.05, 4.69) is 17.6 Å². The molecular weight excluding hydrogens is 260 g/mol. The van der Waals surface area contributed by atoms with Crippen LogP contribution in [0.25, 0.3) is 0 Å². The van der Waals surface area contributed by atoms with Crippen molar-refractivity contribution in [1.82, 2.24) is 10.6 Å². The van der Waals surface area contributed by atoms with E-state index in [-0.39, 0.29) is 23.4 Å². The summed E-state index contributed by atoms with van der Waals surface area (Å²) in [4.78, 5) is 11.9. The molecule has 1 saturated carbocycles. The molecule has 0 aromatic carbocycles. The van der Waals surface area contributed by atoms with Crippen LogP contribution in [0.5, 0.6) is 0 Å². The quantitative estimate of drug-likeness (QED) is 0.742. The first-order chi connectivity index (χ1) is 9.11. The van der Waals surface area contributed by atoms with Crippen molar-refractivity contribution in [2.45, 2.75) is 56.2 Å². The van der Waals surface area contributed by atoms with Crippen LogP contribution in [-0.2, 0) is 0 Å². The van der Waals surface area contributed by atoms with Crippen molar-refractivity contribution in [3.8, 4) is 0 Å². The minimum Gasteiger partial charge on any atom is -0.396 e. The molecule has 2 fully saturated rings. The molecule has 0 aromatic heterocycles. The zero-order chi connectivity index (χ0) is 13.7. The molecule has 1 aliphatic heterocycles. The summed E-state index contributed by atoms with van der Waals surface area (Å²) in [5.41, 5.74) is 0. The Morgan fingerprint density at radius 2 is 2.11 bits per heavy atom. The molecule has 0 aromatic rings. The van der Waals surface area contributed by atoms with E-state index in [9.17, 15) is 4.79 Å². The molecule has 1 aliphatic carbocycles. The average molecular weight is 286 g/mol. The van der Waals surface area contributed by atoms with Crippen molar-refractivity contribution in [2.75, 3.05) is 18.9 Å². The summed E-state index contributed by atoms with van der Waals surface area (Å²) in [5, 5.41) is 15.2. The molecule has 110 valence electrons. The predicted octanol–water partition coefficient (Wildman–Crippen LogP) is 2.12. The van der Waals surface area contributed by atoms with Gasteiger partial charge in [-0.25, -0.2) is 4.79 Å². The van der Waals surface area contributed by atoms with E-state index in [0.29, 0.717) is 5.92 Å².